The summed E-state index contributed by atoms with van der Waals surface area (Å²) >= 11 is 5.89. The Balaban J connectivity index is 0.00000289. The van der Waals surface area contributed by atoms with Crippen LogP contribution < -0.4 is 45.1 Å². The molecule has 0 bridgehead atoms. The number of rotatable bonds is 4. The van der Waals surface area contributed by atoms with E-state index in [1.807, 2.05) is 67.8 Å². The maximum Gasteiger partial charge on any atom is 1.00 e. The fourth-order valence-electron chi connectivity index (χ4n) is 1.06. The van der Waals surface area contributed by atoms with Crippen LogP contribution >= 0.6 is 67.8 Å². The Morgan fingerprint density at radius 1 is 1.28 bits per heavy atom. The summed E-state index contributed by atoms with van der Waals surface area (Å²) in [4.78, 5) is 21.6. The number of aliphatic carboxylic acids is 1. The Kier molecular flexibility index (Phi) is 8.98. The van der Waals surface area contributed by atoms with Gasteiger partial charge in [-0.2, -0.15) is 0 Å². The molecular weight excluding hydrogens is 590 g/mol. The number of carbonyl (C=O) groups is 2. The molecule has 1 rings (SSSR count). The SMILES string of the molecule is NC(=O)c1c(I)cc(I)c(OCC(=O)[O-])c1I.[Na+]. The molecule has 0 aromatic heterocycles. The maximum atomic E-state index is 11.3. The summed E-state index contributed by atoms with van der Waals surface area (Å²) in [5, 5.41) is 10.3. The first-order valence-corrected chi connectivity index (χ1v) is 7.38. The molecule has 92 valence electrons. The number of carboxylic acid groups (broad SMARTS) is 1. The zero-order chi connectivity index (χ0) is 13.2. The molecule has 0 saturated carbocycles. The molecule has 0 atom stereocenters. The molecule has 0 spiro atoms. The maximum absolute atomic E-state index is 11.3. The molecule has 1 amide bonds. The van der Waals surface area contributed by atoms with Crippen molar-refractivity contribution in [2.45, 2.75) is 0 Å². The van der Waals surface area contributed by atoms with Crippen LogP contribution in [0, 0.1) is 10.7 Å². The fraction of sp³-hybridized carbons (Fsp3) is 0.111. The average molecular weight is 595 g/mol. The van der Waals surface area contributed by atoms with Crippen molar-refractivity contribution in [3.63, 3.8) is 0 Å². The molecular formula is C9H5I3NNaO4. The monoisotopic (exact) mass is 595 g/mol. The van der Waals surface area contributed by atoms with Crippen molar-refractivity contribution in [3.8, 4) is 5.75 Å². The van der Waals surface area contributed by atoms with E-state index in [1.165, 1.54) is 0 Å². The van der Waals surface area contributed by atoms with Gasteiger partial charge in [-0.1, -0.05) is 0 Å². The van der Waals surface area contributed by atoms with Gasteiger partial charge in [0.05, 0.1) is 18.7 Å². The summed E-state index contributed by atoms with van der Waals surface area (Å²) in [6.07, 6.45) is 0. The molecule has 0 aliphatic heterocycles. The minimum Gasteiger partial charge on any atom is -0.546 e. The van der Waals surface area contributed by atoms with Crippen molar-refractivity contribution in [2.75, 3.05) is 6.61 Å². The van der Waals surface area contributed by atoms with E-state index in [-0.39, 0.29) is 29.6 Å². The van der Waals surface area contributed by atoms with Gasteiger partial charge >= 0.3 is 29.6 Å². The number of ether oxygens (including phenoxy) is 1. The summed E-state index contributed by atoms with van der Waals surface area (Å²) in [7, 11) is 0. The van der Waals surface area contributed by atoms with Crippen LogP contribution in [0.5, 0.6) is 5.75 Å². The van der Waals surface area contributed by atoms with Crippen LogP contribution in [-0.4, -0.2) is 18.5 Å². The van der Waals surface area contributed by atoms with Gasteiger partial charge in [-0.3, -0.25) is 4.79 Å². The topological polar surface area (TPSA) is 92.5 Å². The Labute approximate surface area is 166 Å². The Morgan fingerprint density at radius 3 is 2.28 bits per heavy atom. The van der Waals surface area contributed by atoms with E-state index in [0.29, 0.717) is 22.0 Å². The third-order valence-corrected chi connectivity index (χ3v) is 4.39. The van der Waals surface area contributed by atoms with Crippen molar-refractivity contribution in [1.82, 2.24) is 0 Å². The number of nitrogens with two attached hydrogens (primary N) is 1. The smallest absolute Gasteiger partial charge is 0.546 e. The first kappa shape index (κ1) is 19.1. The van der Waals surface area contributed by atoms with Crippen LogP contribution in [0.25, 0.3) is 0 Å². The minimum atomic E-state index is -1.32. The van der Waals surface area contributed by atoms with E-state index in [2.05, 4.69) is 0 Å². The van der Waals surface area contributed by atoms with E-state index >= 15 is 0 Å². The summed E-state index contributed by atoms with van der Waals surface area (Å²) in [6.45, 7) is -0.565. The van der Waals surface area contributed by atoms with Crippen molar-refractivity contribution in [3.05, 3.63) is 22.3 Å². The third kappa shape index (κ3) is 4.92. The number of amides is 1. The summed E-state index contributed by atoms with van der Waals surface area (Å²) in [6, 6.07) is 1.70. The van der Waals surface area contributed by atoms with Gasteiger partial charge in [-0.15, -0.1) is 0 Å². The number of carboxylic acids is 1. The summed E-state index contributed by atoms with van der Waals surface area (Å²) in [5.74, 6) is -1.56. The van der Waals surface area contributed by atoms with E-state index < -0.39 is 18.5 Å². The molecule has 18 heavy (non-hydrogen) atoms. The Hall–Kier alpha value is 1.15. The predicted molar refractivity (Wildman–Crippen MR) is 83.6 cm³/mol. The summed E-state index contributed by atoms with van der Waals surface area (Å²) in [5.41, 5.74) is 5.59. The predicted octanol–water partition coefficient (Wildman–Crippen LogP) is -2.27. The second kappa shape index (κ2) is 8.44. The number of halogens is 3. The second-order valence-corrected chi connectivity index (χ2v) is 6.29. The van der Waals surface area contributed by atoms with Gasteiger partial charge in [-0.05, 0) is 73.8 Å². The molecule has 9 heteroatoms. The molecule has 0 unspecified atom stereocenters. The average Bonchev–Trinajstić information content (AvgIpc) is 2.14. The number of benzene rings is 1. The normalized spacial score (nSPS) is 9.50. The van der Waals surface area contributed by atoms with Crippen LogP contribution in [0.15, 0.2) is 6.07 Å². The van der Waals surface area contributed by atoms with Crippen LogP contribution in [-0.2, 0) is 4.79 Å². The van der Waals surface area contributed by atoms with Gasteiger partial charge in [-0.25, -0.2) is 0 Å². The number of hydrogen-bond donors (Lipinski definition) is 1. The molecule has 1 aromatic carbocycles. The standard InChI is InChI=1S/C9H6I3NO4.Na/c10-3-1-4(11)8(17-2-5(14)15)7(12)6(3)9(13)16;/h1H,2H2,(H2,13,16)(H,14,15);/q;+1/p-1. The van der Waals surface area contributed by atoms with E-state index in [0.717, 1.165) is 0 Å². The molecule has 0 radical (unpaired) electrons. The van der Waals surface area contributed by atoms with E-state index in [4.69, 9.17) is 10.5 Å². The van der Waals surface area contributed by atoms with Gasteiger partial charge < -0.3 is 20.4 Å². The third-order valence-electron chi connectivity index (χ3n) is 1.71. The van der Waals surface area contributed by atoms with Gasteiger partial charge in [0.2, 0.25) is 0 Å². The molecule has 0 saturated heterocycles. The molecule has 0 heterocycles. The zero-order valence-corrected chi connectivity index (χ0v) is 17.6. The first-order valence-electron chi connectivity index (χ1n) is 4.14. The van der Waals surface area contributed by atoms with E-state index in [9.17, 15) is 14.7 Å². The quantitative estimate of drug-likeness (QED) is 0.315. The molecule has 0 aliphatic carbocycles. The van der Waals surface area contributed by atoms with Crippen LogP contribution in [0.4, 0.5) is 0 Å². The molecule has 0 fully saturated rings. The van der Waals surface area contributed by atoms with Crippen molar-refractivity contribution in [2.24, 2.45) is 5.73 Å². The van der Waals surface area contributed by atoms with Crippen molar-refractivity contribution >= 4 is 79.6 Å². The van der Waals surface area contributed by atoms with Gasteiger partial charge in [0.25, 0.3) is 5.91 Å². The van der Waals surface area contributed by atoms with Crippen LogP contribution in [0.1, 0.15) is 10.4 Å². The van der Waals surface area contributed by atoms with E-state index in [1.54, 1.807) is 6.07 Å². The van der Waals surface area contributed by atoms with Gasteiger partial charge in [0.1, 0.15) is 12.4 Å². The van der Waals surface area contributed by atoms with Gasteiger partial charge in [0.15, 0.2) is 0 Å². The number of hydrogen-bond acceptors (Lipinski definition) is 4. The summed E-state index contributed by atoms with van der Waals surface area (Å²) < 4.78 is 7.00. The van der Waals surface area contributed by atoms with Crippen molar-refractivity contribution in [1.29, 1.82) is 0 Å². The molecule has 5 nitrogen and oxygen atoms in total. The zero-order valence-electron chi connectivity index (χ0n) is 9.13. The Bertz CT molecular complexity index is 495. The van der Waals surface area contributed by atoms with Crippen LogP contribution in [0.2, 0.25) is 0 Å². The molecule has 1 aromatic rings. The minimum absolute atomic E-state index is 0. The fourth-order valence-corrected chi connectivity index (χ4v) is 5.28. The van der Waals surface area contributed by atoms with Crippen LogP contribution in [0.3, 0.4) is 0 Å². The number of carbonyl (C=O) groups excluding carboxylic acids is 2. The van der Waals surface area contributed by atoms with Crippen molar-refractivity contribution < 1.29 is 49.0 Å². The largest absolute Gasteiger partial charge is 1.00 e. The van der Waals surface area contributed by atoms with Gasteiger partial charge in [0, 0.05) is 3.57 Å². The molecule has 0 aliphatic rings. The number of primary amides is 1. The second-order valence-electron chi connectivity index (χ2n) is 2.88. The Morgan fingerprint density at radius 2 is 1.83 bits per heavy atom. The molecule has 2 N–H and O–H groups in total. The first-order chi connectivity index (χ1) is 7.84.